The van der Waals surface area contributed by atoms with E-state index in [0.29, 0.717) is 5.56 Å². The highest BCUT2D eigenvalue weighted by atomic mass is 16.4. The largest absolute Gasteiger partial charge is 0.504 e. The van der Waals surface area contributed by atoms with Crippen molar-refractivity contribution in [3.05, 3.63) is 23.3 Å². The van der Waals surface area contributed by atoms with Crippen LogP contribution in [0.25, 0.3) is 0 Å². The predicted molar refractivity (Wildman–Crippen MR) is 60.4 cm³/mol. The van der Waals surface area contributed by atoms with Gasteiger partial charge in [0.25, 0.3) is 5.78 Å². The number of carboxylic acid groups (broad SMARTS) is 1. The quantitative estimate of drug-likeness (QED) is 0.414. The van der Waals surface area contributed by atoms with Gasteiger partial charge >= 0.3 is 5.97 Å². The summed E-state index contributed by atoms with van der Waals surface area (Å²) >= 11 is 0. The minimum atomic E-state index is -1.68. The van der Waals surface area contributed by atoms with Gasteiger partial charge in [0, 0.05) is 0 Å². The molecule has 5 heteroatoms. The molecule has 1 aromatic carbocycles. The Morgan fingerprint density at radius 2 is 1.65 bits per heavy atom. The molecule has 0 saturated carbocycles. The summed E-state index contributed by atoms with van der Waals surface area (Å²) in [6.07, 6.45) is 0. The number of carbonyl (C=O) groups excluding carboxylic acids is 1. The van der Waals surface area contributed by atoms with Gasteiger partial charge in [0.1, 0.15) is 0 Å². The molecule has 0 bridgehead atoms. The van der Waals surface area contributed by atoms with Gasteiger partial charge < -0.3 is 15.3 Å². The van der Waals surface area contributed by atoms with Crippen LogP contribution in [-0.2, 0) is 10.2 Å². The first-order valence-electron chi connectivity index (χ1n) is 4.98. The Bertz CT molecular complexity index is 482. The Morgan fingerprint density at radius 3 is 2.06 bits per heavy atom. The molecule has 0 aliphatic heterocycles. The lowest BCUT2D eigenvalue weighted by atomic mass is 9.85. The van der Waals surface area contributed by atoms with E-state index in [9.17, 15) is 19.8 Å². The summed E-state index contributed by atoms with van der Waals surface area (Å²) < 4.78 is 0. The zero-order chi connectivity index (χ0) is 13.4. The van der Waals surface area contributed by atoms with Gasteiger partial charge in [-0.3, -0.25) is 4.79 Å². The number of aliphatic carboxylic acids is 1. The van der Waals surface area contributed by atoms with E-state index in [-0.39, 0.29) is 5.41 Å². The second kappa shape index (κ2) is 4.08. The zero-order valence-electron chi connectivity index (χ0n) is 9.81. The molecule has 17 heavy (non-hydrogen) atoms. The molecule has 0 saturated heterocycles. The molecule has 0 unspecified atom stereocenters. The van der Waals surface area contributed by atoms with Crippen LogP contribution < -0.4 is 0 Å². The Hall–Kier alpha value is -2.04. The monoisotopic (exact) mass is 238 g/mol. The standard InChI is InChI=1S/C12H14O5/c1-12(2,3)6-4-7(10(15)11(16)17)9(14)8(13)5-6/h4-5,13-14H,1-3H3,(H,16,17). The number of aromatic hydroxyl groups is 2. The number of phenolic OH excluding ortho intramolecular Hbond substituents is 2. The van der Waals surface area contributed by atoms with Gasteiger partial charge in [0.05, 0.1) is 5.56 Å². The Kier molecular flexibility index (Phi) is 3.13. The third-order valence-corrected chi connectivity index (χ3v) is 2.39. The van der Waals surface area contributed by atoms with E-state index in [0.717, 1.165) is 0 Å². The van der Waals surface area contributed by atoms with Crippen molar-refractivity contribution in [3.63, 3.8) is 0 Å². The molecule has 0 aliphatic carbocycles. The highest BCUT2D eigenvalue weighted by molar-refractivity contribution is 6.40. The van der Waals surface area contributed by atoms with Crippen LogP contribution in [-0.4, -0.2) is 27.1 Å². The maximum atomic E-state index is 11.3. The fourth-order valence-corrected chi connectivity index (χ4v) is 1.34. The molecular weight excluding hydrogens is 224 g/mol. The molecule has 0 atom stereocenters. The SMILES string of the molecule is CC(C)(C)c1cc(O)c(O)c(C(=O)C(=O)O)c1. The van der Waals surface area contributed by atoms with Crippen LogP contribution in [0.15, 0.2) is 12.1 Å². The van der Waals surface area contributed by atoms with Gasteiger partial charge in [0.15, 0.2) is 11.5 Å². The highest BCUT2D eigenvalue weighted by Crippen LogP contribution is 2.35. The Morgan fingerprint density at radius 1 is 1.12 bits per heavy atom. The van der Waals surface area contributed by atoms with Crippen LogP contribution in [0.2, 0.25) is 0 Å². The van der Waals surface area contributed by atoms with E-state index < -0.39 is 28.8 Å². The molecule has 3 N–H and O–H groups in total. The lowest BCUT2D eigenvalue weighted by Crippen LogP contribution is -2.16. The second-order valence-electron chi connectivity index (χ2n) is 4.78. The maximum absolute atomic E-state index is 11.3. The lowest BCUT2D eigenvalue weighted by molar-refractivity contribution is -0.131. The van der Waals surface area contributed by atoms with Crippen LogP contribution in [0, 0.1) is 0 Å². The first-order valence-corrected chi connectivity index (χ1v) is 4.98. The van der Waals surface area contributed by atoms with Crippen molar-refractivity contribution in [1.29, 1.82) is 0 Å². The van der Waals surface area contributed by atoms with Crippen LogP contribution in [0.1, 0.15) is 36.7 Å². The van der Waals surface area contributed by atoms with Gasteiger partial charge in [-0.25, -0.2) is 4.79 Å². The Balaban J connectivity index is 3.46. The molecular formula is C12H14O5. The summed E-state index contributed by atoms with van der Waals surface area (Å²) in [4.78, 5) is 21.9. The van der Waals surface area contributed by atoms with E-state index in [1.165, 1.54) is 12.1 Å². The van der Waals surface area contributed by atoms with Crippen molar-refractivity contribution in [1.82, 2.24) is 0 Å². The molecule has 1 aromatic rings. The van der Waals surface area contributed by atoms with E-state index >= 15 is 0 Å². The number of hydrogen-bond donors (Lipinski definition) is 3. The average molecular weight is 238 g/mol. The molecule has 0 amide bonds. The van der Waals surface area contributed by atoms with Crippen LogP contribution >= 0.6 is 0 Å². The topological polar surface area (TPSA) is 94.8 Å². The van der Waals surface area contributed by atoms with Crippen molar-refractivity contribution in [2.75, 3.05) is 0 Å². The number of rotatable bonds is 2. The van der Waals surface area contributed by atoms with Gasteiger partial charge in [-0.2, -0.15) is 0 Å². The van der Waals surface area contributed by atoms with Crippen molar-refractivity contribution < 1.29 is 24.9 Å². The summed E-state index contributed by atoms with van der Waals surface area (Å²) in [6, 6.07) is 2.60. The number of phenols is 2. The lowest BCUT2D eigenvalue weighted by Gasteiger charge is -2.20. The fraction of sp³-hybridized carbons (Fsp3) is 0.333. The molecule has 0 radical (unpaired) electrons. The molecule has 0 spiro atoms. The summed E-state index contributed by atoms with van der Waals surface area (Å²) in [5.41, 5.74) is -0.210. The van der Waals surface area contributed by atoms with E-state index in [2.05, 4.69) is 0 Å². The minimum absolute atomic E-state index is 0.376. The number of carboxylic acids is 1. The number of carbonyl (C=O) groups is 2. The van der Waals surface area contributed by atoms with E-state index in [1.54, 1.807) is 0 Å². The fourth-order valence-electron chi connectivity index (χ4n) is 1.34. The summed E-state index contributed by atoms with van der Waals surface area (Å²) in [5, 5.41) is 27.6. The molecule has 1 rings (SSSR count). The average Bonchev–Trinajstić information content (AvgIpc) is 2.19. The predicted octanol–water partition coefficient (Wildman–Crippen LogP) is 1.66. The van der Waals surface area contributed by atoms with Gasteiger partial charge in [-0.1, -0.05) is 20.8 Å². The number of Topliss-reactive ketones (excluding diaryl/α,β-unsaturated/α-hetero) is 1. The highest BCUT2D eigenvalue weighted by Gasteiger charge is 2.25. The summed E-state index contributed by atoms with van der Waals surface area (Å²) in [6.45, 7) is 5.52. The molecule has 0 fully saturated rings. The first-order chi connectivity index (χ1) is 7.64. The minimum Gasteiger partial charge on any atom is -0.504 e. The molecule has 5 nitrogen and oxygen atoms in total. The molecule has 92 valence electrons. The maximum Gasteiger partial charge on any atom is 0.377 e. The van der Waals surface area contributed by atoms with Gasteiger partial charge in [0.2, 0.25) is 0 Å². The van der Waals surface area contributed by atoms with Crippen molar-refractivity contribution in [2.24, 2.45) is 0 Å². The number of hydrogen-bond acceptors (Lipinski definition) is 4. The van der Waals surface area contributed by atoms with Crippen molar-refractivity contribution in [2.45, 2.75) is 26.2 Å². The van der Waals surface area contributed by atoms with E-state index in [1.807, 2.05) is 20.8 Å². The van der Waals surface area contributed by atoms with Gasteiger partial charge in [-0.05, 0) is 23.1 Å². The number of ketones is 1. The molecule has 0 aromatic heterocycles. The van der Waals surface area contributed by atoms with Crippen molar-refractivity contribution >= 4 is 11.8 Å². The third kappa shape index (κ3) is 2.55. The van der Waals surface area contributed by atoms with Crippen LogP contribution in [0.3, 0.4) is 0 Å². The smallest absolute Gasteiger partial charge is 0.377 e. The zero-order valence-corrected chi connectivity index (χ0v) is 9.81. The van der Waals surface area contributed by atoms with Crippen LogP contribution in [0.4, 0.5) is 0 Å². The molecule has 0 heterocycles. The van der Waals surface area contributed by atoms with Crippen LogP contribution in [0.5, 0.6) is 11.5 Å². The first kappa shape index (κ1) is 13.0. The van der Waals surface area contributed by atoms with Crippen molar-refractivity contribution in [3.8, 4) is 11.5 Å². The second-order valence-corrected chi connectivity index (χ2v) is 4.78. The number of benzene rings is 1. The Labute approximate surface area is 98.3 Å². The summed E-state index contributed by atoms with van der Waals surface area (Å²) in [7, 11) is 0. The molecule has 0 aliphatic rings. The third-order valence-electron chi connectivity index (χ3n) is 2.39. The van der Waals surface area contributed by atoms with Gasteiger partial charge in [-0.15, -0.1) is 0 Å². The summed E-state index contributed by atoms with van der Waals surface area (Å²) in [5.74, 6) is -4.12. The van der Waals surface area contributed by atoms with E-state index in [4.69, 9.17) is 5.11 Å². The normalized spacial score (nSPS) is 11.2.